The number of H-pyrrole nitrogens is 1. The molecule has 1 aliphatic rings. The van der Waals surface area contributed by atoms with Crippen LogP contribution in [0, 0.1) is 5.92 Å². The van der Waals surface area contributed by atoms with Gasteiger partial charge in [0.15, 0.2) is 0 Å². The predicted octanol–water partition coefficient (Wildman–Crippen LogP) is 4.63. The number of benzene rings is 2. The number of fused-ring (bicyclic) bond motifs is 1. The van der Waals surface area contributed by atoms with E-state index in [1.165, 1.54) is 16.5 Å². The third kappa shape index (κ3) is 4.41. The van der Waals surface area contributed by atoms with Gasteiger partial charge in [0.05, 0.1) is 0 Å². The molecule has 2 atom stereocenters. The molecule has 1 aromatic heterocycles. The van der Waals surface area contributed by atoms with Crippen LogP contribution in [0.4, 0.5) is 0 Å². The molecular formula is C26H29N3O2. The first-order chi connectivity index (χ1) is 15.1. The van der Waals surface area contributed by atoms with E-state index in [0.717, 1.165) is 18.4 Å². The van der Waals surface area contributed by atoms with Crippen LogP contribution in [0.5, 0.6) is 0 Å². The first kappa shape index (κ1) is 20.9. The van der Waals surface area contributed by atoms with Gasteiger partial charge in [-0.15, -0.1) is 0 Å². The Balaban J connectivity index is 1.49. The average Bonchev–Trinajstić information content (AvgIpc) is 3.26. The number of hydrogen-bond acceptors (Lipinski definition) is 2. The minimum Gasteiger partial charge on any atom is -0.361 e. The maximum atomic E-state index is 13.3. The van der Waals surface area contributed by atoms with Crippen LogP contribution < -0.4 is 5.32 Å². The van der Waals surface area contributed by atoms with E-state index < -0.39 is 6.04 Å². The van der Waals surface area contributed by atoms with E-state index in [9.17, 15) is 9.59 Å². The highest BCUT2D eigenvalue weighted by Gasteiger charge is 2.31. The maximum absolute atomic E-state index is 13.3. The van der Waals surface area contributed by atoms with Crippen LogP contribution in [0.1, 0.15) is 42.6 Å². The number of carbonyl (C=O) groups excluding carboxylic acids is 2. The van der Waals surface area contributed by atoms with Crippen molar-refractivity contribution in [3.8, 4) is 0 Å². The third-order valence-corrected chi connectivity index (χ3v) is 6.26. The van der Waals surface area contributed by atoms with Crippen LogP contribution in [-0.4, -0.2) is 40.8 Å². The number of hydrogen-bond donors (Lipinski definition) is 2. The summed E-state index contributed by atoms with van der Waals surface area (Å²) in [7, 11) is 0. The number of nitrogens with one attached hydrogen (secondary N) is 2. The van der Waals surface area contributed by atoms with E-state index in [1.807, 2.05) is 49.1 Å². The van der Waals surface area contributed by atoms with E-state index in [-0.39, 0.29) is 17.7 Å². The molecule has 0 aliphatic carbocycles. The molecule has 2 N–H and O–H groups in total. The summed E-state index contributed by atoms with van der Waals surface area (Å²) in [6, 6.07) is 16.8. The molecule has 0 unspecified atom stereocenters. The van der Waals surface area contributed by atoms with Gasteiger partial charge in [0.2, 0.25) is 5.91 Å². The summed E-state index contributed by atoms with van der Waals surface area (Å²) in [5, 5.41) is 4.20. The highest BCUT2D eigenvalue weighted by molar-refractivity contribution is 5.98. The molecule has 160 valence electrons. The summed E-state index contributed by atoms with van der Waals surface area (Å²) in [6.45, 7) is 5.27. The zero-order chi connectivity index (χ0) is 21.8. The molecule has 0 radical (unpaired) electrons. The van der Waals surface area contributed by atoms with Crippen molar-refractivity contribution in [3.63, 3.8) is 0 Å². The monoisotopic (exact) mass is 415 g/mol. The summed E-state index contributed by atoms with van der Waals surface area (Å²) < 4.78 is 0. The number of aromatic nitrogens is 1. The van der Waals surface area contributed by atoms with Crippen molar-refractivity contribution in [3.05, 3.63) is 78.0 Å². The fourth-order valence-electron chi connectivity index (χ4n) is 4.15. The van der Waals surface area contributed by atoms with Gasteiger partial charge in [-0.1, -0.05) is 62.7 Å². The van der Waals surface area contributed by atoms with Gasteiger partial charge in [-0.2, -0.15) is 0 Å². The number of aromatic amines is 1. The fourth-order valence-corrected chi connectivity index (χ4v) is 4.15. The molecule has 4 rings (SSSR count). The predicted molar refractivity (Wildman–Crippen MR) is 125 cm³/mol. The molecule has 5 heteroatoms. The van der Waals surface area contributed by atoms with Crippen molar-refractivity contribution >= 4 is 28.3 Å². The molecule has 0 fully saturated rings. The van der Waals surface area contributed by atoms with Crippen LogP contribution in [0.25, 0.3) is 16.5 Å². The lowest BCUT2D eigenvalue weighted by Gasteiger charge is -2.32. The van der Waals surface area contributed by atoms with Gasteiger partial charge in [-0.25, -0.2) is 0 Å². The minimum absolute atomic E-state index is 0.00661. The van der Waals surface area contributed by atoms with Gasteiger partial charge in [0.1, 0.15) is 6.04 Å². The Bertz CT molecular complexity index is 1100. The first-order valence-electron chi connectivity index (χ1n) is 11.0. The molecule has 2 aromatic carbocycles. The summed E-state index contributed by atoms with van der Waals surface area (Å²) in [4.78, 5) is 31.2. The number of nitrogens with zero attached hydrogens (tertiary/aromatic N) is 1. The Morgan fingerprint density at radius 2 is 1.84 bits per heavy atom. The molecule has 0 saturated heterocycles. The third-order valence-electron chi connectivity index (χ3n) is 6.26. The lowest BCUT2D eigenvalue weighted by molar-refractivity contribution is -0.134. The van der Waals surface area contributed by atoms with Crippen LogP contribution in [0.3, 0.4) is 0 Å². The van der Waals surface area contributed by atoms with Crippen LogP contribution in [0.2, 0.25) is 0 Å². The van der Waals surface area contributed by atoms with Crippen molar-refractivity contribution in [2.75, 3.05) is 13.1 Å². The lowest BCUT2D eigenvalue weighted by Crippen LogP contribution is -2.52. The van der Waals surface area contributed by atoms with E-state index in [2.05, 4.69) is 34.7 Å². The van der Waals surface area contributed by atoms with Gasteiger partial charge in [-0.3, -0.25) is 9.59 Å². The van der Waals surface area contributed by atoms with Crippen molar-refractivity contribution < 1.29 is 9.59 Å². The Morgan fingerprint density at radius 3 is 2.55 bits per heavy atom. The van der Waals surface area contributed by atoms with Gasteiger partial charge < -0.3 is 15.2 Å². The molecular weight excluding hydrogens is 386 g/mol. The van der Waals surface area contributed by atoms with Crippen molar-refractivity contribution in [2.24, 2.45) is 5.92 Å². The van der Waals surface area contributed by atoms with Crippen LogP contribution in [-0.2, 0) is 4.79 Å². The van der Waals surface area contributed by atoms with E-state index >= 15 is 0 Å². The molecule has 5 nitrogen and oxygen atoms in total. The highest BCUT2D eigenvalue weighted by Crippen LogP contribution is 2.29. The van der Waals surface area contributed by atoms with E-state index in [1.54, 1.807) is 12.1 Å². The molecule has 31 heavy (non-hydrogen) atoms. The Morgan fingerprint density at radius 1 is 1.10 bits per heavy atom. The molecule has 0 bridgehead atoms. The largest absolute Gasteiger partial charge is 0.361 e. The van der Waals surface area contributed by atoms with Gasteiger partial charge in [0, 0.05) is 41.3 Å². The highest BCUT2D eigenvalue weighted by atomic mass is 16.2. The Labute approximate surface area is 183 Å². The van der Waals surface area contributed by atoms with E-state index in [4.69, 9.17) is 0 Å². The van der Waals surface area contributed by atoms with E-state index in [0.29, 0.717) is 18.7 Å². The standard InChI is InChI=1S/C26H29N3O2/c1-3-18(2)24(28-25(30)20-9-5-4-6-10-20)26(31)29-15-13-19(14-16-29)22-17-27-23-12-8-7-11-21(22)23/h4-13,17-18,24,27H,3,14-16H2,1-2H3,(H,28,30)/t18-,24+/m1/s1. The lowest BCUT2D eigenvalue weighted by atomic mass is 9.95. The number of rotatable bonds is 6. The number of carbonyl (C=O) groups is 2. The smallest absolute Gasteiger partial charge is 0.251 e. The molecule has 3 aromatic rings. The quantitative estimate of drug-likeness (QED) is 0.617. The summed E-state index contributed by atoms with van der Waals surface area (Å²) >= 11 is 0. The normalized spacial score (nSPS) is 15.9. The molecule has 2 amide bonds. The second kappa shape index (κ2) is 9.21. The van der Waals surface area contributed by atoms with Crippen molar-refractivity contribution in [2.45, 2.75) is 32.7 Å². The summed E-state index contributed by atoms with van der Waals surface area (Å²) in [5.74, 6) is -0.154. The van der Waals surface area contributed by atoms with Crippen molar-refractivity contribution in [1.29, 1.82) is 0 Å². The summed E-state index contributed by atoms with van der Waals surface area (Å²) in [6.07, 6.45) is 5.81. The van der Waals surface area contributed by atoms with Gasteiger partial charge in [-0.05, 0) is 36.1 Å². The van der Waals surface area contributed by atoms with Crippen LogP contribution in [0.15, 0.2) is 66.9 Å². The Hall–Kier alpha value is -3.34. The fraction of sp³-hybridized carbons (Fsp3) is 0.308. The second-order valence-corrected chi connectivity index (χ2v) is 8.21. The number of para-hydroxylation sites is 1. The molecule has 0 spiro atoms. The molecule has 2 heterocycles. The number of amides is 2. The van der Waals surface area contributed by atoms with Gasteiger partial charge >= 0.3 is 0 Å². The van der Waals surface area contributed by atoms with Gasteiger partial charge in [0.25, 0.3) is 5.91 Å². The average molecular weight is 416 g/mol. The molecule has 1 aliphatic heterocycles. The summed E-state index contributed by atoms with van der Waals surface area (Å²) in [5.41, 5.74) is 4.16. The first-order valence-corrected chi connectivity index (χ1v) is 11.0. The second-order valence-electron chi connectivity index (χ2n) is 8.21. The van der Waals surface area contributed by atoms with Crippen molar-refractivity contribution in [1.82, 2.24) is 15.2 Å². The van der Waals surface area contributed by atoms with Crippen LogP contribution >= 0.6 is 0 Å². The maximum Gasteiger partial charge on any atom is 0.251 e. The zero-order valence-electron chi connectivity index (χ0n) is 18.1. The molecule has 0 saturated carbocycles. The Kier molecular flexibility index (Phi) is 6.21. The zero-order valence-corrected chi connectivity index (χ0v) is 18.1. The SMILES string of the molecule is CC[C@@H](C)[C@H](NC(=O)c1ccccc1)C(=O)N1CC=C(c2c[nH]c3ccccc23)CC1. The topological polar surface area (TPSA) is 65.2 Å². The minimum atomic E-state index is -0.527.